The van der Waals surface area contributed by atoms with Crippen LogP contribution in [0.4, 0.5) is 0 Å². The third-order valence-corrected chi connectivity index (χ3v) is 4.31. The predicted molar refractivity (Wildman–Crippen MR) is 87.6 cm³/mol. The minimum Gasteiger partial charge on any atom is -0.374 e. The summed E-state index contributed by atoms with van der Waals surface area (Å²) < 4.78 is 6.03. The average molecular weight is 284 g/mol. The number of fused-ring (bicyclic) bond motifs is 1. The Morgan fingerprint density at radius 3 is 2.81 bits per heavy atom. The van der Waals surface area contributed by atoms with Gasteiger partial charge in [-0.3, -0.25) is 4.90 Å². The minimum atomic E-state index is 0.213. The number of rotatable bonds is 4. The van der Waals surface area contributed by atoms with Crippen LogP contribution in [0.5, 0.6) is 0 Å². The van der Waals surface area contributed by atoms with Crippen molar-refractivity contribution in [1.29, 1.82) is 0 Å². The molecule has 0 bridgehead atoms. The average Bonchev–Trinajstić information content (AvgIpc) is 2.52. The molecule has 2 aromatic rings. The lowest BCUT2D eigenvalue weighted by atomic mass is 9.96. The number of likely N-dealkylation sites (N-methyl/N-ethyl adjacent to an activating group) is 2. The van der Waals surface area contributed by atoms with Gasteiger partial charge in [-0.15, -0.1) is 0 Å². The van der Waals surface area contributed by atoms with Crippen LogP contribution in [0.1, 0.15) is 18.5 Å². The zero-order valence-electron chi connectivity index (χ0n) is 12.9. The molecule has 21 heavy (non-hydrogen) atoms. The Morgan fingerprint density at radius 1 is 1.19 bits per heavy atom. The van der Waals surface area contributed by atoms with E-state index in [2.05, 4.69) is 66.7 Å². The molecular weight excluding hydrogens is 260 g/mol. The van der Waals surface area contributed by atoms with Gasteiger partial charge in [-0.25, -0.2) is 0 Å². The van der Waals surface area contributed by atoms with E-state index in [4.69, 9.17) is 4.74 Å². The summed E-state index contributed by atoms with van der Waals surface area (Å²) in [5.74, 6) is 0. The van der Waals surface area contributed by atoms with E-state index in [1.807, 2.05) is 0 Å². The number of nitrogens with zero attached hydrogens (tertiary/aromatic N) is 1. The van der Waals surface area contributed by atoms with E-state index in [0.717, 1.165) is 26.2 Å². The van der Waals surface area contributed by atoms with E-state index in [1.54, 1.807) is 0 Å². The lowest BCUT2D eigenvalue weighted by molar-refractivity contribution is -0.0611. The molecule has 1 heterocycles. The monoisotopic (exact) mass is 284 g/mol. The van der Waals surface area contributed by atoms with Crippen molar-refractivity contribution in [3.05, 3.63) is 48.0 Å². The molecule has 112 valence electrons. The van der Waals surface area contributed by atoms with E-state index < -0.39 is 0 Å². The van der Waals surface area contributed by atoms with Gasteiger partial charge in [0.2, 0.25) is 0 Å². The van der Waals surface area contributed by atoms with Crippen molar-refractivity contribution in [3.63, 3.8) is 0 Å². The molecule has 2 unspecified atom stereocenters. The maximum Gasteiger partial charge on any atom is 0.0896 e. The third-order valence-electron chi connectivity index (χ3n) is 4.31. The quantitative estimate of drug-likeness (QED) is 0.934. The van der Waals surface area contributed by atoms with Crippen molar-refractivity contribution in [2.24, 2.45) is 0 Å². The molecule has 2 atom stereocenters. The van der Waals surface area contributed by atoms with E-state index in [0.29, 0.717) is 6.04 Å². The van der Waals surface area contributed by atoms with Gasteiger partial charge in [0.1, 0.15) is 0 Å². The smallest absolute Gasteiger partial charge is 0.0896 e. The first kappa shape index (κ1) is 14.5. The SMILES string of the molecule is CCNCC1OCCN(C)C1c1ccc2ccccc2c1. The summed E-state index contributed by atoms with van der Waals surface area (Å²) in [6, 6.07) is 15.6. The molecule has 0 aromatic heterocycles. The molecule has 0 saturated carbocycles. The van der Waals surface area contributed by atoms with Crippen molar-refractivity contribution < 1.29 is 4.74 Å². The Labute approximate surface area is 126 Å². The Kier molecular flexibility index (Phi) is 4.54. The highest BCUT2D eigenvalue weighted by atomic mass is 16.5. The van der Waals surface area contributed by atoms with Gasteiger partial charge in [-0.05, 0) is 36.0 Å². The summed E-state index contributed by atoms with van der Waals surface area (Å²) in [5.41, 5.74) is 1.35. The first-order valence-corrected chi connectivity index (χ1v) is 7.81. The minimum absolute atomic E-state index is 0.213. The second-order valence-corrected chi connectivity index (χ2v) is 5.75. The molecule has 0 spiro atoms. The number of hydrogen-bond acceptors (Lipinski definition) is 3. The van der Waals surface area contributed by atoms with Gasteiger partial charge in [-0.2, -0.15) is 0 Å². The van der Waals surface area contributed by atoms with Crippen molar-refractivity contribution >= 4 is 10.8 Å². The van der Waals surface area contributed by atoms with Gasteiger partial charge in [0.15, 0.2) is 0 Å². The molecule has 3 heteroatoms. The van der Waals surface area contributed by atoms with Gasteiger partial charge in [0.25, 0.3) is 0 Å². The summed E-state index contributed by atoms with van der Waals surface area (Å²) in [6.07, 6.45) is 0.213. The molecule has 0 aliphatic carbocycles. The van der Waals surface area contributed by atoms with Gasteiger partial charge >= 0.3 is 0 Å². The molecule has 1 saturated heterocycles. The summed E-state index contributed by atoms with van der Waals surface area (Å²) in [4.78, 5) is 2.41. The van der Waals surface area contributed by atoms with Crippen molar-refractivity contribution in [2.45, 2.75) is 19.1 Å². The molecule has 0 radical (unpaired) electrons. The number of hydrogen-bond donors (Lipinski definition) is 1. The lowest BCUT2D eigenvalue weighted by Gasteiger charge is -2.39. The first-order valence-electron chi connectivity index (χ1n) is 7.81. The molecule has 2 aromatic carbocycles. The van der Waals surface area contributed by atoms with Crippen molar-refractivity contribution in [3.8, 4) is 0 Å². The maximum atomic E-state index is 6.03. The van der Waals surface area contributed by atoms with Crippen LogP contribution in [0.25, 0.3) is 10.8 Å². The Balaban J connectivity index is 1.92. The highest BCUT2D eigenvalue weighted by Crippen LogP contribution is 2.30. The molecule has 1 fully saturated rings. The zero-order valence-corrected chi connectivity index (χ0v) is 12.9. The van der Waals surface area contributed by atoms with Crippen LogP contribution in [0.15, 0.2) is 42.5 Å². The van der Waals surface area contributed by atoms with E-state index in [1.165, 1.54) is 16.3 Å². The molecule has 3 nitrogen and oxygen atoms in total. The van der Waals surface area contributed by atoms with Crippen LogP contribution < -0.4 is 5.32 Å². The summed E-state index contributed by atoms with van der Waals surface area (Å²) in [6.45, 7) is 5.82. The normalized spacial score (nSPS) is 23.5. The van der Waals surface area contributed by atoms with E-state index in [9.17, 15) is 0 Å². The number of benzene rings is 2. The molecule has 3 rings (SSSR count). The lowest BCUT2D eigenvalue weighted by Crippen LogP contribution is -2.47. The van der Waals surface area contributed by atoms with Crippen LogP contribution in [0.2, 0.25) is 0 Å². The number of nitrogens with one attached hydrogen (secondary N) is 1. The zero-order chi connectivity index (χ0) is 14.7. The van der Waals surface area contributed by atoms with Crippen molar-refractivity contribution in [2.75, 3.05) is 33.3 Å². The Bertz CT molecular complexity index is 599. The third kappa shape index (κ3) is 3.10. The van der Waals surface area contributed by atoms with Crippen molar-refractivity contribution in [1.82, 2.24) is 10.2 Å². The molecule has 1 aliphatic heterocycles. The highest BCUT2D eigenvalue weighted by Gasteiger charge is 2.31. The topological polar surface area (TPSA) is 24.5 Å². The largest absolute Gasteiger partial charge is 0.374 e. The fourth-order valence-corrected chi connectivity index (χ4v) is 3.18. The van der Waals surface area contributed by atoms with E-state index in [-0.39, 0.29) is 6.10 Å². The summed E-state index contributed by atoms with van der Waals surface area (Å²) in [7, 11) is 2.20. The number of ether oxygens (including phenoxy) is 1. The molecule has 1 aliphatic rings. The number of morpholine rings is 1. The van der Waals surface area contributed by atoms with Crippen LogP contribution in [-0.4, -0.2) is 44.3 Å². The highest BCUT2D eigenvalue weighted by molar-refractivity contribution is 5.83. The van der Waals surface area contributed by atoms with Crippen LogP contribution in [-0.2, 0) is 4.74 Å². The van der Waals surface area contributed by atoms with Gasteiger partial charge in [0, 0.05) is 13.1 Å². The fourth-order valence-electron chi connectivity index (χ4n) is 3.18. The van der Waals surface area contributed by atoms with Gasteiger partial charge in [-0.1, -0.05) is 43.3 Å². The fraction of sp³-hybridized carbons (Fsp3) is 0.444. The van der Waals surface area contributed by atoms with E-state index >= 15 is 0 Å². The standard InChI is InChI=1S/C18H24N2O/c1-3-19-13-17-18(20(2)10-11-21-17)16-9-8-14-6-4-5-7-15(14)12-16/h4-9,12,17-19H,3,10-11,13H2,1-2H3. The maximum absolute atomic E-state index is 6.03. The van der Waals surface area contributed by atoms with Gasteiger partial charge in [0.05, 0.1) is 18.8 Å². The Morgan fingerprint density at radius 2 is 2.00 bits per heavy atom. The van der Waals surface area contributed by atoms with Gasteiger partial charge < -0.3 is 10.1 Å². The molecule has 1 N–H and O–H groups in total. The first-order chi connectivity index (χ1) is 10.3. The predicted octanol–water partition coefficient (Wildman–Crippen LogP) is 2.82. The van der Waals surface area contributed by atoms with Crippen LogP contribution >= 0.6 is 0 Å². The Hall–Kier alpha value is -1.42. The summed E-state index contributed by atoms with van der Waals surface area (Å²) >= 11 is 0. The van der Waals surface area contributed by atoms with Crippen LogP contribution in [0, 0.1) is 0 Å². The van der Waals surface area contributed by atoms with Crippen LogP contribution in [0.3, 0.4) is 0 Å². The second-order valence-electron chi connectivity index (χ2n) is 5.75. The summed E-state index contributed by atoms with van der Waals surface area (Å²) in [5, 5.41) is 6.02. The molecular formula is C18H24N2O. The molecule has 0 amide bonds. The second kappa shape index (κ2) is 6.56.